The fourth-order valence-corrected chi connectivity index (χ4v) is 9.37. The van der Waals surface area contributed by atoms with Crippen LogP contribution in [-0.4, -0.2) is 32.5 Å². The number of hydrogen-bond donors (Lipinski definition) is 1. The zero-order chi connectivity index (χ0) is 24.0. The van der Waals surface area contributed by atoms with Crippen molar-refractivity contribution in [3.05, 3.63) is 11.6 Å². The average molecular weight is 481 g/mol. The fraction of sp³-hybridized carbons (Fsp3) is 0.929. The van der Waals surface area contributed by atoms with E-state index in [1.807, 2.05) is 0 Å². The third-order valence-electron chi connectivity index (χ3n) is 10.5. The lowest BCUT2D eigenvalue weighted by Crippen LogP contribution is -2.53. The molecule has 8 atom stereocenters. The van der Waals surface area contributed by atoms with E-state index in [0.717, 1.165) is 42.9 Å². The van der Waals surface area contributed by atoms with Crippen LogP contribution >= 0.6 is 0 Å². The molecule has 33 heavy (non-hydrogen) atoms. The number of allylic oxidation sites excluding steroid dienone is 1. The Bertz CT molecular complexity index is 833. The van der Waals surface area contributed by atoms with Gasteiger partial charge in [-0.1, -0.05) is 58.6 Å². The maximum absolute atomic E-state index is 12.0. The van der Waals surface area contributed by atoms with Crippen LogP contribution in [0.5, 0.6) is 0 Å². The van der Waals surface area contributed by atoms with Crippen LogP contribution in [0.4, 0.5) is 0 Å². The van der Waals surface area contributed by atoms with Crippen LogP contribution in [0.15, 0.2) is 11.6 Å². The van der Waals surface area contributed by atoms with Crippen LogP contribution in [-0.2, 0) is 14.3 Å². The Kier molecular flexibility index (Phi) is 7.46. The van der Waals surface area contributed by atoms with Gasteiger partial charge in [-0.2, -0.15) is 8.42 Å². The summed E-state index contributed by atoms with van der Waals surface area (Å²) in [6, 6.07) is 0. The van der Waals surface area contributed by atoms with Gasteiger partial charge in [-0.3, -0.25) is 4.18 Å². The minimum atomic E-state index is -3.49. The van der Waals surface area contributed by atoms with Crippen molar-refractivity contribution >= 4 is 10.1 Å². The molecule has 3 fully saturated rings. The van der Waals surface area contributed by atoms with Gasteiger partial charge >= 0.3 is 0 Å². The van der Waals surface area contributed by atoms with E-state index in [9.17, 15) is 13.5 Å². The third kappa shape index (κ3) is 4.98. The molecule has 0 aromatic carbocycles. The number of rotatable bonds is 8. The molecule has 0 aromatic heterocycles. The first kappa shape index (κ1) is 25.7. The third-order valence-corrected chi connectivity index (χ3v) is 11.1. The molecule has 0 spiro atoms. The Morgan fingerprint density at radius 1 is 1.09 bits per heavy atom. The van der Waals surface area contributed by atoms with E-state index in [1.54, 1.807) is 0 Å². The van der Waals surface area contributed by atoms with E-state index in [2.05, 4.69) is 33.8 Å². The molecule has 0 heterocycles. The Balaban J connectivity index is 1.55. The Morgan fingerprint density at radius 3 is 2.55 bits per heavy atom. The van der Waals surface area contributed by atoms with Crippen LogP contribution in [0.2, 0.25) is 0 Å². The predicted molar refractivity (Wildman–Crippen MR) is 134 cm³/mol. The molecule has 0 aliphatic heterocycles. The quantitative estimate of drug-likeness (QED) is 0.325. The molecule has 4 rings (SSSR count). The summed E-state index contributed by atoms with van der Waals surface area (Å²) in [5, 5.41) is 10.4. The van der Waals surface area contributed by atoms with E-state index in [1.165, 1.54) is 56.8 Å². The fourth-order valence-electron chi connectivity index (χ4n) is 8.94. The summed E-state index contributed by atoms with van der Waals surface area (Å²) < 4.78 is 29.4. The highest BCUT2D eigenvalue weighted by atomic mass is 32.2. The second-order valence-electron chi connectivity index (χ2n) is 12.9. The van der Waals surface area contributed by atoms with Gasteiger partial charge in [-0.25, -0.2) is 0 Å². The molecule has 0 aromatic rings. The van der Waals surface area contributed by atoms with Crippen molar-refractivity contribution in [1.82, 2.24) is 0 Å². The lowest BCUT2D eigenvalue weighted by atomic mass is 9.46. The summed E-state index contributed by atoms with van der Waals surface area (Å²) in [6.07, 6.45) is 15.8. The summed E-state index contributed by atoms with van der Waals surface area (Å²) in [6.45, 7) is 10.0. The topological polar surface area (TPSA) is 63.6 Å². The van der Waals surface area contributed by atoms with E-state index in [0.29, 0.717) is 23.7 Å². The van der Waals surface area contributed by atoms with E-state index >= 15 is 0 Å². The molecule has 3 saturated carbocycles. The van der Waals surface area contributed by atoms with Gasteiger partial charge in [-0.05, 0) is 92.3 Å². The molecule has 0 radical (unpaired) electrons. The Labute approximate surface area is 203 Å². The molecule has 190 valence electrons. The first-order chi connectivity index (χ1) is 15.5. The van der Waals surface area contributed by atoms with Gasteiger partial charge in [0.05, 0.1) is 19.0 Å². The van der Waals surface area contributed by atoms with E-state index < -0.39 is 10.1 Å². The predicted octanol–water partition coefficient (Wildman–Crippen LogP) is 6.35. The van der Waals surface area contributed by atoms with Gasteiger partial charge < -0.3 is 5.11 Å². The Hall–Kier alpha value is -0.390. The minimum absolute atomic E-state index is 0.201. The van der Waals surface area contributed by atoms with Crippen molar-refractivity contribution in [1.29, 1.82) is 0 Å². The second-order valence-corrected chi connectivity index (χ2v) is 14.5. The molecule has 0 bridgehead atoms. The van der Waals surface area contributed by atoms with E-state index in [4.69, 9.17) is 4.18 Å². The molecule has 1 unspecified atom stereocenters. The maximum atomic E-state index is 12.0. The lowest BCUT2D eigenvalue weighted by molar-refractivity contribution is -0.0754. The monoisotopic (exact) mass is 480 g/mol. The van der Waals surface area contributed by atoms with E-state index in [-0.39, 0.29) is 18.1 Å². The highest BCUT2D eigenvalue weighted by Gasteiger charge is 2.60. The van der Waals surface area contributed by atoms with Crippen molar-refractivity contribution in [2.45, 2.75) is 104 Å². The molecule has 4 aliphatic rings. The van der Waals surface area contributed by atoms with Gasteiger partial charge in [0.2, 0.25) is 0 Å². The SMILES string of the molecule is CC(C)CCC[C@@H](C)[C@H]1CC[C@H]2[C@@H]3CC=C4CC(O)CC[C@]4(COS(C)(=O)=O)[C@H]3CC[C@]12C. The van der Waals surface area contributed by atoms with Crippen LogP contribution in [0.1, 0.15) is 98.3 Å². The van der Waals surface area contributed by atoms with Crippen LogP contribution in [0, 0.1) is 46.3 Å². The maximum Gasteiger partial charge on any atom is 0.264 e. The molecule has 0 amide bonds. The number of hydrogen-bond acceptors (Lipinski definition) is 4. The van der Waals surface area contributed by atoms with Crippen molar-refractivity contribution in [2.24, 2.45) is 46.3 Å². The summed E-state index contributed by atoms with van der Waals surface area (Å²) in [4.78, 5) is 0. The summed E-state index contributed by atoms with van der Waals surface area (Å²) in [5.41, 5.74) is 1.50. The van der Waals surface area contributed by atoms with Crippen molar-refractivity contribution in [3.63, 3.8) is 0 Å². The first-order valence-corrected chi connectivity index (χ1v) is 15.5. The van der Waals surface area contributed by atoms with Gasteiger partial charge in [0.25, 0.3) is 10.1 Å². The first-order valence-electron chi connectivity index (χ1n) is 13.7. The van der Waals surface area contributed by atoms with Gasteiger partial charge in [0, 0.05) is 5.41 Å². The highest BCUT2D eigenvalue weighted by Crippen LogP contribution is 2.67. The summed E-state index contributed by atoms with van der Waals surface area (Å²) in [7, 11) is -3.49. The minimum Gasteiger partial charge on any atom is -0.393 e. The smallest absolute Gasteiger partial charge is 0.264 e. The van der Waals surface area contributed by atoms with Crippen LogP contribution < -0.4 is 0 Å². The molecule has 4 nitrogen and oxygen atoms in total. The largest absolute Gasteiger partial charge is 0.393 e. The van der Waals surface area contributed by atoms with Crippen LogP contribution in [0.3, 0.4) is 0 Å². The second kappa shape index (κ2) is 9.58. The lowest BCUT2D eigenvalue weighted by Gasteiger charge is -2.59. The zero-order valence-electron chi connectivity index (χ0n) is 21.7. The molecule has 1 N–H and O–H groups in total. The number of aliphatic hydroxyl groups excluding tert-OH is 1. The summed E-state index contributed by atoms with van der Waals surface area (Å²) >= 11 is 0. The molecular formula is C28H48O4S. The van der Waals surface area contributed by atoms with Gasteiger partial charge in [0.15, 0.2) is 0 Å². The van der Waals surface area contributed by atoms with Crippen molar-refractivity contribution in [2.75, 3.05) is 12.9 Å². The summed E-state index contributed by atoms with van der Waals surface area (Å²) in [5.74, 6) is 4.24. The molecule has 5 heteroatoms. The normalized spacial score (nSPS) is 41.8. The average Bonchev–Trinajstić information content (AvgIpc) is 3.08. The molecular weight excluding hydrogens is 432 g/mol. The Morgan fingerprint density at radius 2 is 1.85 bits per heavy atom. The van der Waals surface area contributed by atoms with Crippen molar-refractivity contribution < 1.29 is 17.7 Å². The zero-order valence-corrected chi connectivity index (χ0v) is 22.5. The number of aliphatic hydroxyl groups is 1. The van der Waals surface area contributed by atoms with Crippen molar-refractivity contribution in [3.8, 4) is 0 Å². The van der Waals surface area contributed by atoms with Crippen LogP contribution in [0.25, 0.3) is 0 Å². The molecule has 0 saturated heterocycles. The van der Waals surface area contributed by atoms with Gasteiger partial charge in [0.1, 0.15) is 0 Å². The molecule has 4 aliphatic carbocycles. The van der Waals surface area contributed by atoms with Gasteiger partial charge in [-0.15, -0.1) is 0 Å². The standard InChI is InChI=1S/C28H48O4S/c1-19(2)7-6-8-20(3)24-11-12-25-23-10-9-21-17-22(29)13-16-28(21,18-32-33(5,30)31)26(23)14-15-27(24,25)4/h9,19-20,22-26,29H,6-8,10-18H2,1-5H3/t20-,22?,23+,24-,25+,26+,27-,28-/m1/s1. The highest BCUT2D eigenvalue weighted by molar-refractivity contribution is 7.85. The number of fused-ring (bicyclic) bond motifs is 5.